The van der Waals surface area contributed by atoms with E-state index in [-0.39, 0.29) is 0 Å². The van der Waals surface area contributed by atoms with Gasteiger partial charge in [-0.2, -0.15) is 0 Å². The Morgan fingerprint density at radius 2 is 2.21 bits per heavy atom. The van der Waals surface area contributed by atoms with Crippen LogP contribution in [0.5, 0.6) is 0 Å². The molecule has 0 aromatic carbocycles. The lowest BCUT2D eigenvalue weighted by Crippen LogP contribution is -2.08. The molecule has 0 saturated heterocycles. The van der Waals surface area contributed by atoms with Crippen LogP contribution in [-0.2, 0) is 0 Å². The lowest BCUT2D eigenvalue weighted by Gasteiger charge is -2.22. The Morgan fingerprint density at radius 1 is 1.36 bits per heavy atom. The molecule has 1 aliphatic rings. The third kappa shape index (κ3) is 1.12. The monoisotopic (exact) mass is 187 g/mol. The molecule has 72 valence electrons. The average Bonchev–Trinajstić information content (AvgIpc) is 2.43. The predicted molar refractivity (Wildman–Crippen MR) is 54.3 cm³/mol. The third-order valence-corrected chi connectivity index (χ3v) is 2.98. The first-order valence-corrected chi connectivity index (χ1v) is 5.14. The second-order valence-electron chi connectivity index (χ2n) is 4.13. The Hall–Kier alpha value is -1.38. The molecule has 1 aliphatic carbocycles. The summed E-state index contributed by atoms with van der Waals surface area (Å²) in [5.41, 5.74) is 2.39. The normalized spacial score (nSPS) is 17.2. The summed E-state index contributed by atoms with van der Waals surface area (Å²) in [6.45, 7) is 2.05. The summed E-state index contributed by atoms with van der Waals surface area (Å²) >= 11 is 0. The van der Waals surface area contributed by atoms with Crippen LogP contribution < -0.4 is 0 Å². The lowest BCUT2D eigenvalue weighted by molar-refractivity contribution is 0.412. The van der Waals surface area contributed by atoms with Gasteiger partial charge in [0.05, 0.1) is 5.69 Å². The van der Waals surface area contributed by atoms with Crippen LogP contribution in [0.2, 0.25) is 0 Å². The Kier molecular flexibility index (Phi) is 1.60. The number of aromatic nitrogens is 3. The number of hydrogen-bond acceptors (Lipinski definition) is 2. The number of rotatable bonds is 1. The van der Waals surface area contributed by atoms with Gasteiger partial charge in [-0.1, -0.05) is 6.42 Å². The Balaban J connectivity index is 2.10. The van der Waals surface area contributed by atoms with Crippen LogP contribution in [0.1, 0.15) is 36.4 Å². The minimum Gasteiger partial charge on any atom is -0.291 e. The number of nitrogens with zero attached hydrogens (tertiary/aromatic N) is 3. The molecular weight excluding hydrogens is 174 g/mol. The van der Waals surface area contributed by atoms with E-state index in [0.29, 0.717) is 5.92 Å². The first-order chi connectivity index (χ1) is 6.83. The SMILES string of the molecule is Cc1cnc2nc(C3CCC3)cn2c1. The van der Waals surface area contributed by atoms with Gasteiger partial charge < -0.3 is 0 Å². The van der Waals surface area contributed by atoms with Crippen molar-refractivity contribution in [2.24, 2.45) is 0 Å². The molecule has 3 heteroatoms. The zero-order valence-corrected chi connectivity index (χ0v) is 8.27. The summed E-state index contributed by atoms with van der Waals surface area (Å²) in [6.07, 6.45) is 10.0. The van der Waals surface area contributed by atoms with Crippen molar-refractivity contribution >= 4 is 5.78 Å². The number of imidazole rings is 1. The van der Waals surface area contributed by atoms with E-state index >= 15 is 0 Å². The molecule has 0 amide bonds. The first kappa shape index (κ1) is 7.97. The average molecular weight is 187 g/mol. The van der Waals surface area contributed by atoms with Gasteiger partial charge in [-0.15, -0.1) is 0 Å². The number of hydrogen-bond donors (Lipinski definition) is 0. The van der Waals surface area contributed by atoms with Crippen molar-refractivity contribution in [2.75, 3.05) is 0 Å². The van der Waals surface area contributed by atoms with Crippen LogP contribution in [0, 0.1) is 6.92 Å². The summed E-state index contributed by atoms with van der Waals surface area (Å²) in [5, 5.41) is 0. The molecule has 2 heterocycles. The molecule has 0 unspecified atom stereocenters. The Bertz CT molecular complexity index is 468. The van der Waals surface area contributed by atoms with Gasteiger partial charge in [-0.3, -0.25) is 4.40 Å². The topological polar surface area (TPSA) is 30.2 Å². The fourth-order valence-electron chi connectivity index (χ4n) is 1.91. The summed E-state index contributed by atoms with van der Waals surface area (Å²) in [6, 6.07) is 0. The van der Waals surface area contributed by atoms with E-state index in [9.17, 15) is 0 Å². The second-order valence-corrected chi connectivity index (χ2v) is 4.13. The van der Waals surface area contributed by atoms with Crippen LogP contribution in [0.4, 0.5) is 0 Å². The van der Waals surface area contributed by atoms with Crippen LogP contribution in [0.3, 0.4) is 0 Å². The van der Waals surface area contributed by atoms with E-state index in [1.54, 1.807) is 0 Å². The van der Waals surface area contributed by atoms with Crippen molar-refractivity contribution in [3.05, 3.63) is 29.8 Å². The molecule has 0 bridgehead atoms. The maximum absolute atomic E-state index is 4.53. The molecule has 2 aromatic rings. The maximum Gasteiger partial charge on any atom is 0.233 e. The van der Waals surface area contributed by atoms with Crippen molar-refractivity contribution in [1.82, 2.24) is 14.4 Å². The van der Waals surface area contributed by atoms with Gasteiger partial charge in [-0.25, -0.2) is 9.97 Å². The Morgan fingerprint density at radius 3 is 2.93 bits per heavy atom. The quantitative estimate of drug-likeness (QED) is 0.685. The molecule has 0 aliphatic heterocycles. The minimum absolute atomic E-state index is 0.692. The summed E-state index contributed by atoms with van der Waals surface area (Å²) in [5.74, 6) is 1.52. The van der Waals surface area contributed by atoms with Gasteiger partial charge in [-0.05, 0) is 25.3 Å². The molecule has 2 aromatic heterocycles. The molecule has 1 saturated carbocycles. The standard InChI is InChI=1S/C11H13N3/c1-8-5-12-11-13-10(7-14(11)6-8)9-3-2-4-9/h5-7,9H,2-4H2,1H3. The third-order valence-electron chi connectivity index (χ3n) is 2.98. The van der Waals surface area contributed by atoms with E-state index in [2.05, 4.69) is 29.3 Å². The molecule has 0 N–H and O–H groups in total. The van der Waals surface area contributed by atoms with Crippen molar-refractivity contribution in [3.63, 3.8) is 0 Å². The highest BCUT2D eigenvalue weighted by molar-refractivity contribution is 5.33. The highest BCUT2D eigenvalue weighted by atomic mass is 15.1. The molecule has 14 heavy (non-hydrogen) atoms. The minimum atomic E-state index is 0.692. The van der Waals surface area contributed by atoms with Gasteiger partial charge in [0.2, 0.25) is 5.78 Å². The number of fused-ring (bicyclic) bond motifs is 1. The van der Waals surface area contributed by atoms with Crippen molar-refractivity contribution in [2.45, 2.75) is 32.1 Å². The van der Waals surface area contributed by atoms with E-state index in [0.717, 1.165) is 5.78 Å². The van der Waals surface area contributed by atoms with Crippen molar-refractivity contribution < 1.29 is 0 Å². The molecule has 1 fully saturated rings. The fourth-order valence-corrected chi connectivity index (χ4v) is 1.91. The van der Waals surface area contributed by atoms with Gasteiger partial charge in [0.1, 0.15) is 0 Å². The zero-order valence-electron chi connectivity index (χ0n) is 8.27. The van der Waals surface area contributed by atoms with E-state index in [1.165, 1.54) is 30.5 Å². The first-order valence-electron chi connectivity index (χ1n) is 5.14. The smallest absolute Gasteiger partial charge is 0.233 e. The van der Waals surface area contributed by atoms with E-state index < -0.39 is 0 Å². The van der Waals surface area contributed by atoms with E-state index in [4.69, 9.17) is 0 Å². The van der Waals surface area contributed by atoms with Gasteiger partial charge >= 0.3 is 0 Å². The molecule has 0 atom stereocenters. The van der Waals surface area contributed by atoms with Crippen molar-refractivity contribution in [1.29, 1.82) is 0 Å². The molecule has 0 radical (unpaired) electrons. The van der Waals surface area contributed by atoms with Crippen LogP contribution in [0.25, 0.3) is 5.78 Å². The fraction of sp³-hybridized carbons (Fsp3) is 0.455. The van der Waals surface area contributed by atoms with Crippen LogP contribution in [0.15, 0.2) is 18.6 Å². The highest BCUT2D eigenvalue weighted by Gasteiger charge is 2.22. The van der Waals surface area contributed by atoms with Gasteiger partial charge in [0, 0.05) is 24.5 Å². The van der Waals surface area contributed by atoms with Crippen LogP contribution >= 0.6 is 0 Å². The second kappa shape index (κ2) is 2.80. The molecule has 3 nitrogen and oxygen atoms in total. The van der Waals surface area contributed by atoms with Gasteiger partial charge in [0.25, 0.3) is 0 Å². The summed E-state index contributed by atoms with van der Waals surface area (Å²) < 4.78 is 2.03. The Labute approximate surface area is 82.8 Å². The van der Waals surface area contributed by atoms with Crippen LogP contribution in [-0.4, -0.2) is 14.4 Å². The summed E-state index contributed by atoms with van der Waals surface area (Å²) in [4.78, 5) is 8.82. The maximum atomic E-state index is 4.53. The van der Waals surface area contributed by atoms with Crippen molar-refractivity contribution in [3.8, 4) is 0 Å². The predicted octanol–water partition coefficient (Wildman–Crippen LogP) is 2.31. The largest absolute Gasteiger partial charge is 0.291 e. The van der Waals surface area contributed by atoms with E-state index in [1.807, 2.05) is 10.6 Å². The lowest BCUT2D eigenvalue weighted by atomic mass is 9.83. The highest BCUT2D eigenvalue weighted by Crippen LogP contribution is 2.35. The zero-order chi connectivity index (χ0) is 9.54. The summed E-state index contributed by atoms with van der Waals surface area (Å²) in [7, 11) is 0. The van der Waals surface area contributed by atoms with Gasteiger partial charge in [0.15, 0.2) is 0 Å². The molecule has 0 spiro atoms. The number of aryl methyl sites for hydroxylation is 1. The molecule has 3 rings (SSSR count). The molecular formula is C11H13N3.